The highest BCUT2D eigenvalue weighted by Crippen LogP contribution is 2.29. The Bertz CT molecular complexity index is 251. The van der Waals surface area contributed by atoms with Crippen molar-refractivity contribution in [2.75, 3.05) is 19.6 Å². The van der Waals surface area contributed by atoms with E-state index in [4.69, 9.17) is 0 Å². The van der Waals surface area contributed by atoms with E-state index in [-0.39, 0.29) is 0 Å². The van der Waals surface area contributed by atoms with E-state index in [0.29, 0.717) is 23.8 Å². The first-order chi connectivity index (χ1) is 7.94. The minimum Gasteiger partial charge on any atom is -0.343 e. The van der Waals surface area contributed by atoms with Gasteiger partial charge in [0.2, 0.25) is 5.91 Å². The van der Waals surface area contributed by atoms with Crippen LogP contribution in [0.15, 0.2) is 0 Å². The van der Waals surface area contributed by atoms with Crippen LogP contribution >= 0.6 is 0 Å². The van der Waals surface area contributed by atoms with Crippen molar-refractivity contribution < 1.29 is 4.79 Å². The molecule has 0 aromatic rings. The summed E-state index contributed by atoms with van der Waals surface area (Å²) < 4.78 is 0. The average molecular weight is 240 g/mol. The molecule has 1 aliphatic rings. The molecule has 3 heteroatoms. The van der Waals surface area contributed by atoms with Crippen LogP contribution in [-0.2, 0) is 4.79 Å². The lowest BCUT2D eigenvalue weighted by Gasteiger charge is -2.24. The second kappa shape index (κ2) is 6.39. The van der Waals surface area contributed by atoms with E-state index in [2.05, 4.69) is 37.9 Å². The van der Waals surface area contributed by atoms with Gasteiger partial charge in [0.25, 0.3) is 0 Å². The molecule has 0 saturated carbocycles. The molecule has 0 aromatic carbocycles. The first kappa shape index (κ1) is 14.5. The van der Waals surface area contributed by atoms with E-state index in [9.17, 15) is 4.79 Å². The van der Waals surface area contributed by atoms with Crippen molar-refractivity contribution in [3.63, 3.8) is 0 Å². The highest BCUT2D eigenvalue weighted by atomic mass is 16.2. The standard InChI is InChI=1S/C14H28N2O/c1-5-15-12(2)11-13(17)16-9-6-7-14(3,4)8-10-16/h12,15H,5-11H2,1-4H3. The van der Waals surface area contributed by atoms with Gasteiger partial charge in [0, 0.05) is 25.6 Å². The Morgan fingerprint density at radius 2 is 2.06 bits per heavy atom. The number of likely N-dealkylation sites (tertiary alicyclic amines) is 1. The average Bonchev–Trinajstić information content (AvgIpc) is 2.39. The summed E-state index contributed by atoms with van der Waals surface area (Å²) >= 11 is 0. The molecule has 1 N–H and O–H groups in total. The minimum absolute atomic E-state index is 0.295. The molecule has 1 rings (SSSR count). The summed E-state index contributed by atoms with van der Waals surface area (Å²) in [7, 11) is 0. The van der Waals surface area contributed by atoms with Gasteiger partial charge in [-0.15, -0.1) is 0 Å². The van der Waals surface area contributed by atoms with E-state index in [1.54, 1.807) is 0 Å². The second-order valence-electron chi connectivity index (χ2n) is 6.06. The Balaban J connectivity index is 2.41. The van der Waals surface area contributed by atoms with Gasteiger partial charge in [0.15, 0.2) is 0 Å². The van der Waals surface area contributed by atoms with E-state index in [1.807, 2.05) is 0 Å². The van der Waals surface area contributed by atoms with Crippen molar-refractivity contribution in [2.45, 2.75) is 59.4 Å². The third kappa shape index (κ3) is 5.07. The summed E-state index contributed by atoms with van der Waals surface area (Å²) in [5, 5.41) is 3.30. The number of carbonyl (C=O) groups excluding carboxylic acids is 1. The van der Waals surface area contributed by atoms with Gasteiger partial charge in [-0.3, -0.25) is 4.79 Å². The van der Waals surface area contributed by atoms with Crippen LogP contribution in [0.3, 0.4) is 0 Å². The molecule has 1 atom stereocenters. The molecule has 0 radical (unpaired) electrons. The molecular formula is C14H28N2O. The molecule has 1 saturated heterocycles. The van der Waals surface area contributed by atoms with Crippen molar-refractivity contribution in [1.82, 2.24) is 10.2 Å². The zero-order chi connectivity index (χ0) is 12.9. The lowest BCUT2D eigenvalue weighted by Crippen LogP contribution is -2.37. The Morgan fingerprint density at radius 1 is 1.35 bits per heavy atom. The Morgan fingerprint density at radius 3 is 2.71 bits per heavy atom. The largest absolute Gasteiger partial charge is 0.343 e. The molecule has 0 aromatic heterocycles. The van der Waals surface area contributed by atoms with Gasteiger partial charge in [-0.25, -0.2) is 0 Å². The van der Waals surface area contributed by atoms with Crippen LogP contribution in [-0.4, -0.2) is 36.5 Å². The Hall–Kier alpha value is -0.570. The molecule has 0 bridgehead atoms. The third-order valence-electron chi connectivity index (χ3n) is 3.73. The van der Waals surface area contributed by atoms with Gasteiger partial charge in [-0.1, -0.05) is 20.8 Å². The van der Waals surface area contributed by atoms with E-state index >= 15 is 0 Å². The van der Waals surface area contributed by atoms with Crippen molar-refractivity contribution in [3.8, 4) is 0 Å². The van der Waals surface area contributed by atoms with E-state index < -0.39 is 0 Å². The fourth-order valence-corrected chi connectivity index (χ4v) is 2.48. The summed E-state index contributed by atoms with van der Waals surface area (Å²) in [5.74, 6) is 0.316. The SMILES string of the molecule is CCNC(C)CC(=O)N1CCCC(C)(C)CC1. The van der Waals surface area contributed by atoms with Crippen LogP contribution in [0.1, 0.15) is 53.4 Å². The monoisotopic (exact) mass is 240 g/mol. The number of hydrogen-bond donors (Lipinski definition) is 1. The smallest absolute Gasteiger partial charge is 0.224 e. The molecule has 1 unspecified atom stereocenters. The number of carbonyl (C=O) groups is 1. The van der Waals surface area contributed by atoms with Crippen molar-refractivity contribution in [1.29, 1.82) is 0 Å². The maximum atomic E-state index is 12.1. The van der Waals surface area contributed by atoms with Crippen molar-refractivity contribution in [3.05, 3.63) is 0 Å². The van der Waals surface area contributed by atoms with E-state index in [0.717, 1.165) is 32.5 Å². The van der Waals surface area contributed by atoms with Crippen LogP contribution in [0.25, 0.3) is 0 Å². The number of amides is 1. The molecule has 17 heavy (non-hydrogen) atoms. The van der Waals surface area contributed by atoms with Gasteiger partial charge in [0.05, 0.1) is 0 Å². The lowest BCUT2D eigenvalue weighted by molar-refractivity contribution is -0.131. The van der Waals surface area contributed by atoms with Gasteiger partial charge < -0.3 is 10.2 Å². The Kier molecular flexibility index (Phi) is 5.44. The summed E-state index contributed by atoms with van der Waals surface area (Å²) in [6, 6.07) is 0.295. The van der Waals surface area contributed by atoms with Gasteiger partial charge >= 0.3 is 0 Å². The molecule has 100 valence electrons. The van der Waals surface area contributed by atoms with Crippen LogP contribution in [0.4, 0.5) is 0 Å². The predicted octanol–water partition coefficient (Wildman–Crippen LogP) is 2.41. The molecule has 3 nitrogen and oxygen atoms in total. The molecule has 0 aliphatic carbocycles. The molecule has 1 fully saturated rings. The molecule has 1 heterocycles. The summed E-state index contributed by atoms with van der Waals surface area (Å²) in [4.78, 5) is 14.2. The molecule has 1 aliphatic heterocycles. The summed E-state index contributed by atoms with van der Waals surface area (Å²) in [5.41, 5.74) is 0.405. The number of rotatable bonds is 4. The maximum absolute atomic E-state index is 12.1. The fraction of sp³-hybridized carbons (Fsp3) is 0.929. The van der Waals surface area contributed by atoms with Gasteiger partial charge in [0.1, 0.15) is 0 Å². The first-order valence-corrected chi connectivity index (χ1v) is 6.96. The lowest BCUT2D eigenvalue weighted by atomic mass is 9.85. The number of nitrogens with zero attached hydrogens (tertiary/aromatic N) is 1. The molecule has 0 spiro atoms. The summed E-state index contributed by atoms with van der Waals surface area (Å²) in [6.45, 7) is 11.6. The third-order valence-corrected chi connectivity index (χ3v) is 3.73. The highest BCUT2D eigenvalue weighted by molar-refractivity contribution is 5.76. The van der Waals surface area contributed by atoms with Crippen molar-refractivity contribution in [2.24, 2.45) is 5.41 Å². The quantitative estimate of drug-likeness (QED) is 0.818. The van der Waals surface area contributed by atoms with E-state index in [1.165, 1.54) is 6.42 Å². The fourth-order valence-electron chi connectivity index (χ4n) is 2.48. The van der Waals surface area contributed by atoms with Crippen LogP contribution in [0.5, 0.6) is 0 Å². The number of nitrogens with one attached hydrogen (secondary N) is 1. The topological polar surface area (TPSA) is 32.3 Å². The van der Waals surface area contributed by atoms with Crippen LogP contribution < -0.4 is 5.32 Å². The van der Waals surface area contributed by atoms with Crippen LogP contribution in [0, 0.1) is 5.41 Å². The molecule has 1 amide bonds. The van der Waals surface area contributed by atoms with Gasteiger partial charge in [-0.2, -0.15) is 0 Å². The zero-order valence-electron chi connectivity index (χ0n) is 11.9. The Labute approximate surface area is 106 Å². The van der Waals surface area contributed by atoms with Crippen LogP contribution in [0.2, 0.25) is 0 Å². The van der Waals surface area contributed by atoms with Crippen molar-refractivity contribution >= 4 is 5.91 Å². The first-order valence-electron chi connectivity index (χ1n) is 6.96. The highest BCUT2D eigenvalue weighted by Gasteiger charge is 2.25. The number of hydrogen-bond acceptors (Lipinski definition) is 2. The molecular weight excluding hydrogens is 212 g/mol. The second-order valence-corrected chi connectivity index (χ2v) is 6.06. The summed E-state index contributed by atoms with van der Waals surface area (Å²) in [6.07, 6.45) is 4.15. The maximum Gasteiger partial charge on any atom is 0.224 e. The minimum atomic E-state index is 0.295. The normalized spacial score (nSPS) is 22.0. The predicted molar refractivity (Wildman–Crippen MR) is 72.0 cm³/mol. The zero-order valence-corrected chi connectivity index (χ0v) is 11.9. The van der Waals surface area contributed by atoms with Gasteiger partial charge in [-0.05, 0) is 38.1 Å².